The van der Waals surface area contributed by atoms with E-state index in [1.54, 1.807) is 0 Å². The highest BCUT2D eigenvalue weighted by molar-refractivity contribution is 4.95. The molecule has 0 aliphatic rings. The van der Waals surface area contributed by atoms with Gasteiger partial charge in [0.1, 0.15) is 0 Å². The molecule has 0 spiro atoms. The molecule has 0 aromatic carbocycles. The Labute approximate surface area is 511 Å². The highest BCUT2D eigenvalue weighted by Crippen LogP contribution is 2.15. The molecule has 0 aromatic rings. The fraction of sp³-hybridized carbons (Fsp3) is 0.795. The summed E-state index contributed by atoms with van der Waals surface area (Å²) >= 11 is 0. The first-order valence-corrected chi connectivity index (χ1v) is 36.5. The fourth-order valence-electron chi connectivity index (χ4n) is 11.0. The van der Waals surface area contributed by atoms with Crippen LogP contribution in [0, 0.1) is 0 Å². The molecule has 0 aliphatic heterocycles. The van der Waals surface area contributed by atoms with Crippen LogP contribution in [0.15, 0.2) is 97.2 Å². The first-order valence-electron chi connectivity index (χ1n) is 36.5. The zero-order valence-electron chi connectivity index (χ0n) is 55.9. The number of hydrogen-bond acceptors (Lipinski definition) is 3. The second-order valence-electron chi connectivity index (χ2n) is 24.7. The molecule has 0 N–H and O–H groups in total. The predicted octanol–water partition coefficient (Wildman–Crippen LogP) is 25.2. The monoisotopic (exact) mass is 1120 g/mol. The third kappa shape index (κ3) is 68.5. The molecule has 0 heterocycles. The topological polar surface area (TPSA) is 9.72 Å². The van der Waals surface area contributed by atoms with Crippen molar-refractivity contribution >= 4 is 0 Å². The van der Waals surface area contributed by atoms with Crippen LogP contribution in [-0.2, 0) is 0 Å². The Bertz CT molecular complexity index is 1320. The lowest BCUT2D eigenvalue weighted by atomic mass is 10.1. The highest BCUT2D eigenvalue weighted by Gasteiger charge is 2.10. The second kappa shape index (κ2) is 72.1. The van der Waals surface area contributed by atoms with E-state index in [9.17, 15) is 0 Å². The van der Waals surface area contributed by atoms with Gasteiger partial charge in [0.25, 0.3) is 0 Å². The molecule has 3 nitrogen and oxygen atoms in total. The molecule has 0 fully saturated rings. The van der Waals surface area contributed by atoms with E-state index in [-0.39, 0.29) is 0 Å². The molecular weight excluding hydrogens is 979 g/mol. The summed E-state index contributed by atoms with van der Waals surface area (Å²) in [6.07, 6.45) is 103. The lowest BCUT2D eigenvalue weighted by Gasteiger charge is -2.27. The number of nitrogens with zero attached hydrogens (tertiary/aromatic N) is 3. The summed E-state index contributed by atoms with van der Waals surface area (Å²) in [5.74, 6) is 0. The van der Waals surface area contributed by atoms with Crippen LogP contribution in [0.4, 0.5) is 0 Å². The maximum Gasteiger partial charge on any atom is 0.0109 e. The molecule has 0 aromatic heterocycles. The third-order valence-electron chi connectivity index (χ3n) is 16.5. The van der Waals surface area contributed by atoms with Crippen molar-refractivity contribution in [3.05, 3.63) is 97.2 Å². The summed E-state index contributed by atoms with van der Waals surface area (Å²) in [5, 5.41) is 0. The average Bonchev–Trinajstić information content (AvgIpc) is 3.47. The van der Waals surface area contributed by atoms with Crippen molar-refractivity contribution in [1.82, 2.24) is 14.7 Å². The van der Waals surface area contributed by atoms with Crippen LogP contribution in [0.3, 0.4) is 0 Å². The molecular formula is C78H145N3. The molecule has 3 heteroatoms. The van der Waals surface area contributed by atoms with Gasteiger partial charge < -0.3 is 14.7 Å². The van der Waals surface area contributed by atoms with Crippen LogP contribution in [0.25, 0.3) is 0 Å². The third-order valence-corrected chi connectivity index (χ3v) is 16.5. The van der Waals surface area contributed by atoms with Crippen molar-refractivity contribution in [2.24, 2.45) is 0 Å². The maximum absolute atomic E-state index is 2.86. The van der Waals surface area contributed by atoms with Gasteiger partial charge in [0.05, 0.1) is 0 Å². The molecule has 81 heavy (non-hydrogen) atoms. The van der Waals surface area contributed by atoms with Crippen molar-refractivity contribution in [1.29, 1.82) is 0 Å². The standard InChI is InChI=1S/C78H145N3/c1-6-10-14-18-22-26-30-34-38-42-46-50-54-58-62-66-72-80(73-67-63-59-55-51-47-43-39-35-31-27-23-19-15-11-7-2)76-70-71-79(5)77-78-81(74-68-64-60-56-52-48-44-40-36-32-28-24-20-16-12-8-3)75-69-65-61-57-53-49-45-41-37-33-29-25-21-17-13-9-4/h22-29,34-41H,6-21,30-33,42-78H2,1-5H3/b26-22-,27-23-,28-24-,29-25-,38-34-,39-35-,40-36-,41-37-. The van der Waals surface area contributed by atoms with Gasteiger partial charge in [-0.05, 0) is 207 Å². The largest absolute Gasteiger partial charge is 0.305 e. The van der Waals surface area contributed by atoms with E-state index >= 15 is 0 Å². The summed E-state index contributed by atoms with van der Waals surface area (Å²) in [6, 6.07) is 0. The normalized spacial score (nSPS) is 12.8. The van der Waals surface area contributed by atoms with E-state index in [1.807, 2.05) is 0 Å². The number of unbranched alkanes of at least 4 members (excludes halogenated alkanes) is 36. The minimum atomic E-state index is 1.11. The SMILES string of the molecule is CCCCC/C=C\C/C=C\CCCCCCCCN(CCCCCCCC/C=C\C/C=C\CCCCC)CCCN(C)CCN(CCCCCCCC/C=C\C/C=C\CCCCC)CCCCCCCC/C=C\C/C=C\CCCCC. The number of hydrogen-bond donors (Lipinski definition) is 0. The zero-order chi connectivity index (χ0) is 58.4. The van der Waals surface area contributed by atoms with Gasteiger partial charge in [-0.1, -0.05) is 279 Å². The molecule has 0 unspecified atom stereocenters. The van der Waals surface area contributed by atoms with Crippen LogP contribution in [0.2, 0.25) is 0 Å². The van der Waals surface area contributed by atoms with Crippen molar-refractivity contribution in [3.8, 4) is 0 Å². The zero-order valence-corrected chi connectivity index (χ0v) is 55.9. The van der Waals surface area contributed by atoms with Gasteiger partial charge in [0.15, 0.2) is 0 Å². The van der Waals surface area contributed by atoms with Crippen molar-refractivity contribution in [3.63, 3.8) is 0 Å². The lowest BCUT2D eigenvalue weighted by Crippen LogP contribution is -2.36. The molecule has 0 rings (SSSR count). The molecule has 0 amide bonds. The molecule has 0 saturated heterocycles. The Morgan fingerprint density at radius 2 is 0.370 bits per heavy atom. The number of likely N-dealkylation sites (N-methyl/N-ethyl adjacent to an activating group) is 1. The highest BCUT2D eigenvalue weighted by atomic mass is 15.2. The minimum absolute atomic E-state index is 1.11. The Morgan fingerprint density at radius 3 is 0.617 bits per heavy atom. The molecule has 0 bridgehead atoms. The van der Waals surface area contributed by atoms with E-state index in [2.05, 4.69) is 147 Å². The van der Waals surface area contributed by atoms with Crippen LogP contribution in [-0.4, -0.2) is 74.1 Å². The van der Waals surface area contributed by atoms with Crippen molar-refractivity contribution in [2.45, 2.75) is 342 Å². The van der Waals surface area contributed by atoms with Gasteiger partial charge in [0.2, 0.25) is 0 Å². The fourth-order valence-corrected chi connectivity index (χ4v) is 11.0. The Kier molecular flexibility index (Phi) is 70.1. The van der Waals surface area contributed by atoms with Crippen molar-refractivity contribution < 1.29 is 0 Å². The molecule has 472 valence electrons. The van der Waals surface area contributed by atoms with Crippen LogP contribution in [0.1, 0.15) is 342 Å². The van der Waals surface area contributed by atoms with Crippen LogP contribution < -0.4 is 0 Å². The molecule has 0 saturated carbocycles. The first-order chi connectivity index (χ1) is 40.2. The Morgan fingerprint density at radius 1 is 0.173 bits per heavy atom. The predicted molar refractivity (Wildman–Crippen MR) is 372 cm³/mol. The van der Waals surface area contributed by atoms with Crippen LogP contribution >= 0.6 is 0 Å². The van der Waals surface area contributed by atoms with E-state index in [1.165, 1.54) is 341 Å². The Hall–Kier alpha value is -2.20. The molecule has 0 radical (unpaired) electrons. The van der Waals surface area contributed by atoms with Gasteiger partial charge in [-0.2, -0.15) is 0 Å². The van der Waals surface area contributed by atoms with Gasteiger partial charge in [-0.25, -0.2) is 0 Å². The summed E-state index contributed by atoms with van der Waals surface area (Å²) in [6.45, 7) is 19.3. The smallest absolute Gasteiger partial charge is 0.0109 e. The minimum Gasteiger partial charge on any atom is -0.305 e. The van der Waals surface area contributed by atoms with Gasteiger partial charge in [-0.3, -0.25) is 0 Å². The van der Waals surface area contributed by atoms with Crippen LogP contribution in [0.5, 0.6) is 0 Å². The number of allylic oxidation sites excluding steroid dienone is 16. The van der Waals surface area contributed by atoms with E-state index in [4.69, 9.17) is 0 Å². The van der Waals surface area contributed by atoms with Gasteiger partial charge in [0, 0.05) is 13.1 Å². The lowest BCUT2D eigenvalue weighted by molar-refractivity contribution is 0.203. The van der Waals surface area contributed by atoms with E-state index in [0.717, 1.165) is 25.7 Å². The molecule has 0 atom stereocenters. The summed E-state index contributed by atoms with van der Waals surface area (Å²) in [5.41, 5.74) is 0. The maximum atomic E-state index is 2.86. The quantitative estimate of drug-likeness (QED) is 0.0444. The second-order valence-corrected chi connectivity index (χ2v) is 24.7. The van der Waals surface area contributed by atoms with Crippen molar-refractivity contribution in [2.75, 3.05) is 59.4 Å². The van der Waals surface area contributed by atoms with Gasteiger partial charge >= 0.3 is 0 Å². The molecule has 0 aliphatic carbocycles. The summed E-state index contributed by atoms with van der Waals surface area (Å²) in [7, 11) is 2.41. The summed E-state index contributed by atoms with van der Waals surface area (Å²) < 4.78 is 0. The number of rotatable bonds is 67. The Balaban J connectivity index is 4.94. The first kappa shape index (κ1) is 78.8. The summed E-state index contributed by atoms with van der Waals surface area (Å²) in [4.78, 5) is 8.39. The van der Waals surface area contributed by atoms with E-state index < -0.39 is 0 Å². The average molecular weight is 1130 g/mol. The van der Waals surface area contributed by atoms with E-state index in [0.29, 0.717) is 0 Å². The van der Waals surface area contributed by atoms with Gasteiger partial charge in [-0.15, -0.1) is 0 Å².